The Hall–Kier alpha value is -2.22. The number of carbonyl (C=O) groups excluding carboxylic acids is 1. The standard InChI is InChI=1S/C20H21N3O2S2/c1-20(2)14-8-11(23(3)6-7-24)4-5-13(14)17-15(20)9-12(27-17)10-16-18(25)22-19(26)21-16/h4-5,8-10,24H,6-7H2,1-3H3,(H2,21,22,25,26)/b16-10-. The predicted molar refractivity (Wildman–Crippen MR) is 114 cm³/mol. The average molecular weight is 400 g/mol. The van der Waals surface area contributed by atoms with E-state index < -0.39 is 0 Å². The van der Waals surface area contributed by atoms with Crippen LogP contribution in [0.25, 0.3) is 16.5 Å². The van der Waals surface area contributed by atoms with Crippen LogP contribution in [0, 0.1) is 0 Å². The van der Waals surface area contributed by atoms with Crippen LogP contribution in [0.15, 0.2) is 30.0 Å². The second-order valence-corrected chi connectivity index (χ2v) is 8.85. The minimum Gasteiger partial charge on any atom is -0.395 e. The van der Waals surface area contributed by atoms with Crippen molar-refractivity contribution < 1.29 is 9.90 Å². The van der Waals surface area contributed by atoms with Crippen molar-refractivity contribution in [2.24, 2.45) is 0 Å². The van der Waals surface area contributed by atoms with Crippen molar-refractivity contribution in [2.45, 2.75) is 19.3 Å². The number of aliphatic hydroxyl groups is 1. The molecule has 1 saturated heterocycles. The maximum atomic E-state index is 11.9. The molecule has 0 spiro atoms. The van der Waals surface area contributed by atoms with Crippen LogP contribution in [0.1, 0.15) is 29.9 Å². The van der Waals surface area contributed by atoms with Gasteiger partial charge < -0.3 is 15.3 Å². The number of fused-ring (bicyclic) bond motifs is 3. The van der Waals surface area contributed by atoms with E-state index in [4.69, 9.17) is 12.2 Å². The molecule has 5 nitrogen and oxygen atoms in total. The Bertz CT molecular complexity index is 991. The topological polar surface area (TPSA) is 64.6 Å². The molecule has 1 amide bonds. The molecule has 2 aromatic rings. The molecule has 1 aliphatic carbocycles. The number of thiocarbonyl (C=S) groups is 1. The molecule has 2 heterocycles. The first-order chi connectivity index (χ1) is 12.8. The lowest BCUT2D eigenvalue weighted by Crippen LogP contribution is -2.22. The van der Waals surface area contributed by atoms with Crippen LogP contribution in [0.5, 0.6) is 0 Å². The first kappa shape index (κ1) is 18.2. The molecule has 1 aromatic carbocycles. The highest BCUT2D eigenvalue weighted by molar-refractivity contribution is 7.80. The summed E-state index contributed by atoms with van der Waals surface area (Å²) in [6, 6.07) is 8.65. The summed E-state index contributed by atoms with van der Waals surface area (Å²) in [5.41, 5.74) is 5.28. The lowest BCUT2D eigenvalue weighted by atomic mass is 9.82. The van der Waals surface area contributed by atoms with Crippen LogP contribution in [0.4, 0.5) is 5.69 Å². The molecule has 1 aromatic heterocycles. The van der Waals surface area contributed by atoms with E-state index in [1.165, 1.54) is 21.6 Å². The van der Waals surface area contributed by atoms with Crippen molar-refractivity contribution in [3.63, 3.8) is 0 Å². The summed E-state index contributed by atoms with van der Waals surface area (Å²) < 4.78 is 0. The van der Waals surface area contributed by atoms with Crippen LogP contribution in [-0.4, -0.2) is 36.3 Å². The lowest BCUT2D eigenvalue weighted by molar-refractivity contribution is -0.115. The molecule has 0 bridgehead atoms. The fraction of sp³-hybridized carbons (Fsp3) is 0.300. The largest absolute Gasteiger partial charge is 0.395 e. The van der Waals surface area contributed by atoms with Crippen molar-refractivity contribution in [1.82, 2.24) is 10.6 Å². The summed E-state index contributed by atoms with van der Waals surface area (Å²) in [4.78, 5) is 16.2. The Morgan fingerprint density at radius 2 is 2.04 bits per heavy atom. The molecule has 0 atom stereocenters. The maximum Gasteiger partial charge on any atom is 0.273 e. The second kappa shape index (κ2) is 6.44. The fourth-order valence-electron chi connectivity index (χ4n) is 3.68. The Labute approximate surface area is 167 Å². The molecule has 2 aliphatic rings. The van der Waals surface area contributed by atoms with E-state index in [2.05, 4.69) is 53.6 Å². The summed E-state index contributed by atoms with van der Waals surface area (Å²) in [6.45, 7) is 5.20. The SMILES string of the molecule is CN(CCO)c1ccc2c(c1)C(C)(C)c1cc(/C=C3\NC(=S)NC3=O)sc1-2. The van der Waals surface area contributed by atoms with Crippen LogP contribution in [-0.2, 0) is 10.2 Å². The van der Waals surface area contributed by atoms with Gasteiger partial charge in [-0.1, -0.05) is 19.9 Å². The number of benzene rings is 1. The molecule has 7 heteroatoms. The Kier molecular flexibility index (Phi) is 4.33. The van der Waals surface area contributed by atoms with Gasteiger partial charge in [0.25, 0.3) is 5.91 Å². The number of nitrogens with one attached hydrogen (secondary N) is 2. The zero-order valence-electron chi connectivity index (χ0n) is 15.4. The van der Waals surface area contributed by atoms with E-state index in [1.54, 1.807) is 11.3 Å². The number of likely N-dealkylation sites (N-methyl/N-ethyl adjacent to an activating group) is 1. The third-order valence-corrected chi connectivity index (χ3v) is 6.55. The van der Waals surface area contributed by atoms with Gasteiger partial charge in [0.2, 0.25) is 0 Å². The highest BCUT2D eigenvalue weighted by Gasteiger charge is 2.37. The van der Waals surface area contributed by atoms with Gasteiger partial charge in [-0.05, 0) is 53.2 Å². The van der Waals surface area contributed by atoms with Gasteiger partial charge in [0.15, 0.2) is 5.11 Å². The number of carbonyl (C=O) groups is 1. The van der Waals surface area contributed by atoms with Gasteiger partial charge in [-0.25, -0.2) is 0 Å². The van der Waals surface area contributed by atoms with E-state index in [0.29, 0.717) is 17.4 Å². The second-order valence-electron chi connectivity index (χ2n) is 7.36. The van der Waals surface area contributed by atoms with Gasteiger partial charge in [0.1, 0.15) is 5.70 Å². The van der Waals surface area contributed by atoms with E-state index in [9.17, 15) is 9.90 Å². The summed E-state index contributed by atoms with van der Waals surface area (Å²) in [7, 11) is 1.99. The fourth-order valence-corrected chi connectivity index (χ4v) is 5.18. The van der Waals surface area contributed by atoms with Crippen LogP contribution >= 0.6 is 23.6 Å². The molecule has 27 heavy (non-hydrogen) atoms. The number of hydrogen-bond acceptors (Lipinski definition) is 5. The molecule has 4 rings (SSSR count). The predicted octanol–water partition coefficient (Wildman–Crippen LogP) is 2.83. The number of nitrogens with zero attached hydrogens (tertiary/aromatic N) is 1. The van der Waals surface area contributed by atoms with E-state index >= 15 is 0 Å². The van der Waals surface area contributed by atoms with Gasteiger partial charge in [0.05, 0.1) is 6.61 Å². The highest BCUT2D eigenvalue weighted by Crippen LogP contribution is 2.53. The molecule has 1 aliphatic heterocycles. The quantitative estimate of drug-likeness (QED) is 0.545. The molecule has 0 unspecified atom stereocenters. The monoisotopic (exact) mass is 399 g/mol. The normalized spacial score (nSPS) is 18.3. The zero-order chi connectivity index (χ0) is 19.3. The Morgan fingerprint density at radius 3 is 2.70 bits per heavy atom. The number of amides is 1. The number of anilines is 1. The van der Waals surface area contributed by atoms with Crippen molar-refractivity contribution >= 4 is 46.3 Å². The first-order valence-electron chi connectivity index (χ1n) is 8.76. The Balaban J connectivity index is 1.74. The van der Waals surface area contributed by atoms with Crippen molar-refractivity contribution in [1.29, 1.82) is 0 Å². The number of aliphatic hydroxyl groups excluding tert-OH is 1. The molecule has 0 radical (unpaired) electrons. The summed E-state index contributed by atoms with van der Waals surface area (Å²) in [5, 5.41) is 15.0. The van der Waals surface area contributed by atoms with Crippen molar-refractivity contribution in [2.75, 3.05) is 25.1 Å². The molecule has 0 saturated carbocycles. The smallest absolute Gasteiger partial charge is 0.273 e. The third-order valence-electron chi connectivity index (χ3n) is 5.23. The Morgan fingerprint density at radius 1 is 1.26 bits per heavy atom. The van der Waals surface area contributed by atoms with E-state index in [1.807, 2.05) is 13.1 Å². The summed E-state index contributed by atoms with van der Waals surface area (Å²) >= 11 is 6.68. The van der Waals surface area contributed by atoms with Gasteiger partial charge in [0, 0.05) is 34.4 Å². The first-order valence-corrected chi connectivity index (χ1v) is 9.99. The van der Waals surface area contributed by atoms with Gasteiger partial charge in [-0.15, -0.1) is 11.3 Å². The molecule has 140 valence electrons. The molecular formula is C20H21N3O2S2. The summed E-state index contributed by atoms with van der Waals surface area (Å²) in [5.74, 6) is -0.190. The average Bonchev–Trinajstić information content (AvgIpc) is 3.23. The number of thiophene rings is 1. The maximum absolute atomic E-state index is 11.9. The van der Waals surface area contributed by atoms with Crippen LogP contribution in [0.3, 0.4) is 0 Å². The zero-order valence-corrected chi connectivity index (χ0v) is 17.1. The highest BCUT2D eigenvalue weighted by atomic mass is 32.1. The van der Waals surface area contributed by atoms with Crippen LogP contribution in [0.2, 0.25) is 0 Å². The lowest BCUT2D eigenvalue weighted by Gasteiger charge is -2.24. The van der Waals surface area contributed by atoms with Gasteiger partial charge in [-0.3, -0.25) is 10.1 Å². The minimum atomic E-state index is -0.190. The van der Waals surface area contributed by atoms with E-state index in [0.717, 1.165) is 10.6 Å². The molecule has 1 fully saturated rings. The molecular weight excluding hydrogens is 378 g/mol. The van der Waals surface area contributed by atoms with Crippen molar-refractivity contribution in [3.05, 3.63) is 46.0 Å². The van der Waals surface area contributed by atoms with Gasteiger partial charge in [-0.2, -0.15) is 0 Å². The number of rotatable bonds is 4. The van der Waals surface area contributed by atoms with Crippen molar-refractivity contribution in [3.8, 4) is 10.4 Å². The van der Waals surface area contributed by atoms with E-state index in [-0.39, 0.29) is 17.9 Å². The van der Waals surface area contributed by atoms with Crippen LogP contribution < -0.4 is 15.5 Å². The molecule has 3 N–H and O–H groups in total. The number of hydrogen-bond donors (Lipinski definition) is 3. The third kappa shape index (κ3) is 2.96. The van der Waals surface area contributed by atoms with Gasteiger partial charge >= 0.3 is 0 Å². The summed E-state index contributed by atoms with van der Waals surface area (Å²) in [6.07, 6.45) is 1.86. The minimum absolute atomic E-state index is 0.116.